The summed E-state index contributed by atoms with van der Waals surface area (Å²) in [6.45, 7) is 0. The molecule has 0 spiro atoms. The molecule has 2 aromatic rings. The number of carbonyl (C=O) groups excluding carboxylic acids is 1. The summed E-state index contributed by atoms with van der Waals surface area (Å²) in [4.78, 5) is 15.5. The van der Waals surface area contributed by atoms with Crippen LogP contribution in [0.2, 0.25) is 5.02 Å². The van der Waals surface area contributed by atoms with E-state index in [2.05, 4.69) is 10.3 Å². The van der Waals surface area contributed by atoms with E-state index < -0.39 is 23.2 Å². The number of halogens is 4. The van der Waals surface area contributed by atoms with Crippen molar-refractivity contribution in [3.8, 4) is 0 Å². The molecule has 0 saturated heterocycles. The number of benzene rings is 1. The Labute approximate surface area is 152 Å². The highest BCUT2D eigenvalue weighted by Gasteiger charge is 2.55. The highest BCUT2D eigenvalue weighted by Crippen LogP contribution is 2.43. The SMILES string of the molecule is NC(=O)C1(N)CC1Cc1ccc(Nc2ccc(Cl)cc2C(F)(F)F)cn1. The zero-order valence-corrected chi connectivity index (χ0v) is 14.2. The van der Waals surface area contributed by atoms with E-state index in [0.29, 0.717) is 24.2 Å². The number of hydrogen-bond donors (Lipinski definition) is 3. The Kier molecular flexibility index (Phi) is 4.58. The van der Waals surface area contributed by atoms with Gasteiger partial charge in [-0.05, 0) is 49.1 Å². The lowest BCUT2D eigenvalue weighted by molar-refractivity contribution is -0.137. The quantitative estimate of drug-likeness (QED) is 0.737. The Morgan fingerprint density at radius 1 is 1.35 bits per heavy atom. The van der Waals surface area contributed by atoms with Gasteiger partial charge in [-0.1, -0.05) is 11.6 Å². The maximum Gasteiger partial charge on any atom is 0.418 e. The summed E-state index contributed by atoms with van der Waals surface area (Å²) in [7, 11) is 0. The Morgan fingerprint density at radius 3 is 2.62 bits per heavy atom. The molecule has 1 aliphatic rings. The predicted molar refractivity (Wildman–Crippen MR) is 91.9 cm³/mol. The number of amides is 1. The zero-order chi connectivity index (χ0) is 19.1. The highest BCUT2D eigenvalue weighted by atomic mass is 35.5. The lowest BCUT2D eigenvalue weighted by Crippen LogP contribution is -2.41. The molecule has 5 N–H and O–H groups in total. The van der Waals surface area contributed by atoms with Crippen LogP contribution in [0.3, 0.4) is 0 Å². The minimum Gasteiger partial charge on any atom is -0.368 e. The monoisotopic (exact) mass is 384 g/mol. The number of pyridine rings is 1. The second-order valence-electron chi connectivity index (χ2n) is 6.36. The second kappa shape index (κ2) is 6.44. The van der Waals surface area contributed by atoms with Gasteiger partial charge in [-0.2, -0.15) is 13.2 Å². The van der Waals surface area contributed by atoms with Crippen LogP contribution in [0, 0.1) is 5.92 Å². The summed E-state index contributed by atoms with van der Waals surface area (Å²) in [5.74, 6) is -0.609. The fourth-order valence-electron chi connectivity index (χ4n) is 2.79. The lowest BCUT2D eigenvalue weighted by Gasteiger charge is -2.15. The number of nitrogens with one attached hydrogen (secondary N) is 1. The van der Waals surface area contributed by atoms with Crippen molar-refractivity contribution < 1.29 is 18.0 Å². The first-order chi connectivity index (χ1) is 12.1. The molecule has 1 fully saturated rings. The molecule has 1 aromatic heterocycles. The van der Waals surface area contributed by atoms with Gasteiger partial charge >= 0.3 is 6.18 Å². The Hall–Kier alpha value is -2.32. The molecule has 138 valence electrons. The van der Waals surface area contributed by atoms with E-state index in [1.165, 1.54) is 18.3 Å². The van der Waals surface area contributed by atoms with Crippen molar-refractivity contribution in [1.82, 2.24) is 4.98 Å². The van der Waals surface area contributed by atoms with Crippen molar-refractivity contribution in [2.45, 2.75) is 24.6 Å². The molecular formula is C17H16ClF3N4O. The molecule has 3 rings (SSSR count). The summed E-state index contributed by atoms with van der Waals surface area (Å²) >= 11 is 5.66. The van der Waals surface area contributed by atoms with Crippen molar-refractivity contribution in [2.24, 2.45) is 17.4 Å². The van der Waals surface area contributed by atoms with Crippen molar-refractivity contribution in [1.29, 1.82) is 0 Å². The van der Waals surface area contributed by atoms with Gasteiger partial charge in [0.25, 0.3) is 0 Å². The largest absolute Gasteiger partial charge is 0.418 e. The molecule has 0 radical (unpaired) electrons. The molecule has 1 saturated carbocycles. The maximum absolute atomic E-state index is 13.1. The molecular weight excluding hydrogens is 369 g/mol. The Morgan fingerprint density at radius 2 is 2.08 bits per heavy atom. The van der Waals surface area contributed by atoms with Crippen LogP contribution in [0.1, 0.15) is 17.7 Å². The van der Waals surface area contributed by atoms with Crippen molar-refractivity contribution in [3.05, 3.63) is 52.8 Å². The first-order valence-electron chi connectivity index (χ1n) is 7.77. The Bertz CT molecular complexity index is 841. The fourth-order valence-corrected chi connectivity index (χ4v) is 2.96. The van der Waals surface area contributed by atoms with E-state index in [1.54, 1.807) is 12.1 Å². The molecule has 1 aromatic carbocycles. The standard InChI is InChI=1S/C17H16ClF3N4O/c18-10-1-4-14(13(6-10)17(19,20)21)25-12-3-2-11(24-8-12)5-9-7-16(9,23)15(22)26/h1-4,6,8-9,25H,5,7,23H2,(H2,22,26). The number of alkyl halides is 3. The highest BCUT2D eigenvalue weighted by molar-refractivity contribution is 6.30. The number of aromatic nitrogens is 1. The van der Waals surface area contributed by atoms with Crippen LogP contribution in [0.15, 0.2) is 36.5 Å². The number of anilines is 2. The van der Waals surface area contributed by atoms with E-state index in [0.717, 1.165) is 6.07 Å². The van der Waals surface area contributed by atoms with Crippen molar-refractivity contribution >= 4 is 28.9 Å². The van der Waals surface area contributed by atoms with Gasteiger partial charge in [0, 0.05) is 10.7 Å². The summed E-state index contributed by atoms with van der Waals surface area (Å²) in [6.07, 6.45) is -2.13. The van der Waals surface area contributed by atoms with Crippen LogP contribution >= 0.6 is 11.6 Å². The van der Waals surface area contributed by atoms with Gasteiger partial charge in [-0.25, -0.2) is 0 Å². The first kappa shape index (κ1) is 18.5. The second-order valence-corrected chi connectivity index (χ2v) is 6.80. The predicted octanol–water partition coefficient (Wildman–Crippen LogP) is 3.24. The van der Waals surface area contributed by atoms with Gasteiger partial charge in [-0.15, -0.1) is 0 Å². The van der Waals surface area contributed by atoms with Crippen molar-refractivity contribution in [2.75, 3.05) is 5.32 Å². The fraction of sp³-hybridized carbons (Fsp3) is 0.294. The van der Waals surface area contributed by atoms with Gasteiger partial charge in [0.2, 0.25) is 5.91 Å². The molecule has 26 heavy (non-hydrogen) atoms. The third-order valence-corrected chi connectivity index (χ3v) is 4.69. The molecule has 5 nitrogen and oxygen atoms in total. The molecule has 2 atom stereocenters. The minimum absolute atomic E-state index is 0.000463. The number of hydrogen-bond acceptors (Lipinski definition) is 4. The molecule has 1 heterocycles. The topological polar surface area (TPSA) is 94.0 Å². The average Bonchev–Trinajstić information content (AvgIpc) is 3.21. The molecule has 2 unspecified atom stereocenters. The summed E-state index contributed by atoms with van der Waals surface area (Å²) in [5.41, 5.74) is 10.2. The number of nitrogens with two attached hydrogens (primary N) is 2. The third-order valence-electron chi connectivity index (χ3n) is 4.46. The van der Waals surface area contributed by atoms with Crippen LogP contribution in [0.5, 0.6) is 0 Å². The molecule has 1 amide bonds. The normalized spacial score (nSPS) is 22.1. The molecule has 0 aliphatic heterocycles. The van der Waals surface area contributed by atoms with Gasteiger partial charge in [0.05, 0.1) is 28.7 Å². The van der Waals surface area contributed by atoms with E-state index in [9.17, 15) is 18.0 Å². The molecule has 1 aliphatic carbocycles. The minimum atomic E-state index is -4.54. The average molecular weight is 385 g/mol. The number of primary amides is 1. The smallest absolute Gasteiger partial charge is 0.368 e. The zero-order valence-electron chi connectivity index (χ0n) is 13.5. The van der Waals surface area contributed by atoms with Crippen LogP contribution in [-0.4, -0.2) is 16.4 Å². The Balaban J connectivity index is 1.72. The van der Waals surface area contributed by atoms with Gasteiger partial charge in [0.15, 0.2) is 0 Å². The van der Waals surface area contributed by atoms with Gasteiger partial charge in [-0.3, -0.25) is 9.78 Å². The van der Waals surface area contributed by atoms with E-state index in [1.807, 2.05) is 0 Å². The first-order valence-corrected chi connectivity index (χ1v) is 8.15. The third kappa shape index (κ3) is 3.76. The van der Waals surface area contributed by atoms with E-state index in [-0.39, 0.29) is 16.6 Å². The summed E-state index contributed by atoms with van der Waals surface area (Å²) in [6, 6.07) is 6.79. The van der Waals surface area contributed by atoms with Gasteiger partial charge in [0.1, 0.15) is 0 Å². The van der Waals surface area contributed by atoms with Crippen LogP contribution in [0.25, 0.3) is 0 Å². The number of carbonyl (C=O) groups is 1. The van der Waals surface area contributed by atoms with E-state index >= 15 is 0 Å². The van der Waals surface area contributed by atoms with Crippen LogP contribution < -0.4 is 16.8 Å². The molecule has 9 heteroatoms. The van der Waals surface area contributed by atoms with Gasteiger partial charge < -0.3 is 16.8 Å². The summed E-state index contributed by atoms with van der Waals surface area (Å²) in [5, 5.41) is 2.70. The van der Waals surface area contributed by atoms with Crippen molar-refractivity contribution in [3.63, 3.8) is 0 Å². The molecule has 0 bridgehead atoms. The van der Waals surface area contributed by atoms with E-state index in [4.69, 9.17) is 23.1 Å². The number of rotatable bonds is 5. The van der Waals surface area contributed by atoms with Crippen LogP contribution in [0.4, 0.5) is 24.5 Å². The van der Waals surface area contributed by atoms with Crippen LogP contribution in [-0.2, 0) is 17.4 Å². The number of nitrogens with zero attached hydrogens (tertiary/aromatic N) is 1. The summed E-state index contributed by atoms with van der Waals surface area (Å²) < 4.78 is 39.4. The maximum atomic E-state index is 13.1. The lowest BCUT2D eigenvalue weighted by atomic mass is 10.1.